The smallest absolute Gasteiger partial charge is 0.127 e. The zero-order valence-electron chi connectivity index (χ0n) is 11.2. The number of halogens is 2. The van der Waals surface area contributed by atoms with Gasteiger partial charge in [-0.1, -0.05) is 40.4 Å². The average molecular weight is 347 g/mol. The maximum atomic E-state index is 6.14. The van der Waals surface area contributed by atoms with Crippen LogP contribution in [0.1, 0.15) is 36.8 Å². The Labute approximate surface area is 129 Å². The molecule has 4 heteroatoms. The van der Waals surface area contributed by atoms with Crippen molar-refractivity contribution in [3.63, 3.8) is 0 Å². The number of unbranched alkanes of at least 4 members (excludes halogenated alkanes) is 3. The molecule has 19 heavy (non-hydrogen) atoms. The minimum atomic E-state index is 0.787. The van der Waals surface area contributed by atoms with Crippen molar-refractivity contribution in [2.45, 2.75) is 38.6 Å². The number of hydrogen-bond donors (Lipinski definition) is 1. The second-order valence-electron chi connectivity index (χ2n) is 4.93. The van der Waals surface area contributed by atoms with E-state index in [1.54, 1.807) is 0 Å². The van der Waals surface area contributed by atoms with E-state index in [-0.39, 0.29) is 0 Å². The highest BCUT2D eigenvalue weighted by Crippen LogP contribution is 2.32. The quantitative estimate of drug-likeness (QED) is 0.559. The minimum absolute atomic E-state index is 0.787. The van der Waals surface area contributed by atoms with Gasteiger partial charge >= 0.3 is 0 Å². The summed E-state index contributed by atoms with van der Waals surface area (Å²) in [5.74, 6) is 1.05. The van der Waals surface area contributed by atoms with E-state index in [1.165, 1.54) is 36.8 Å². The molecule has 106 valence electrons. The lowest BCUT2D eigenvalue weighted by molar-refractivity contribution is 0.352. The molecule has 1 aromatic rings. The molecule has 0 saturated heterocycles. The van der Waals surface area contributed by atoms with Gasteiger partial charge in [0.15, 0.2) is 0 Å². The Morgan fingerprint density at radius 3 is 2.89 bits per heavy atom. The van der Waals surface area contributed by atoms with Crippen molar-refractivity contribution in [2.24, 2.45) is 0 Å². The third-order valence-corrected chi connectivity index (χ3v) is 4.16. The fourth-order valence-electron chi connectivity index (χ4n) is 2.40. The predicted molar refractivity (Wildman–Crippen MR) is 84.6 cm³/mol. The lowest BCUT2D eigenvalue weighted by atomic mass is 10.1. The van der Waals surface area contributed by atoms with E-state index in [4.69, 9.17) is 16.3 Å². The van der Waals surface area contributed by atoms with Gasteiger partial charge in [-0.05, 0) is 37.1 Å². The van der Waals surface area contributed by atoms with Crippen LogP contribution < -0.4 is 10.1 Å². The van der Waals surface area contributed by atoms with Gasteiger partial charge in [-0.25, -0.2) is 0 Å². The third kappa shape index (κ3) is 4.66. The first-order valence-electron chi connectivity index (χ1n) is 7.02. The van der Waals surface area contributed by atoms with Crippen LogP contribution in [0, 0.1) is 0 Å². The molecule has 0 radical (unpaired) electrons. The first-order chi connectivity index (χ1) is 9.31. The second kappa shape index (κ2) is 8.13. The van der Waals surface area contributed by atoms with Crippen LogP contribution in [0.5, 0.6) is 5.75 Å². The van der Waals surface area contributed by atoms with Gasteiger partial charge in [0.1, 0.15) is 5.75 Å². The van der Waals surface area contributed by atoms with Gasteiger partial charge in [0, 0.05) is 28.9 Å². The molecule has 0 atom stereocenters. The summed E-state index contributed by atoms with van der Waals surface area (Å²) >= 11 is 9.59. The summed E-state index contributed by atoms with van der Waals surface area (Å²) in [7, 11) is 0. The normalized spacial score (nSPS) is 13.4. The molecule has 0 bridgehead atoms. The number of ether oxygens (including phenoxy) is 1. The van der Waals surface area contributed by atoms with E-state index in [0.29, 0.717) is 0 Å². The maximum Gasteiger partial charge on any atom is 0.127 e. The van der Waals surface area contributed by atoms with Crippen molar-refractivity contribution < 1.29 is 4.74 Å². The summed E-state index contributed by atoms with van der Waals surface area (Å²) in [6.45, 7) is 2.69. The Balaban J connectivity index is 1.74. The van der Waals surface area contributed by atoms with Crippen LogP contribution in [0.4, 0.5) is 0 Å². The number of benzene rings is 1. The monoisotopic (exact) mass is 345 g/mol. The van der Waals surface area contributed by atoms with E-state index >= 15 is 0 Å². The first-order valence-corrected chi connectivity index (χ1v) is 8.52. The molecule has 0 aliphatic carbocycles. The van der Waals surface area contributed by atoms with E-state index < -0.39 is 0 Å². The molecule has 0 saturated carbocycles. The number of fused-ring (bicyclic) bond motifs is 1. The largest absolute Gasteiger partial charge is 0.493 e. The topological polar surface area (TPSA) is 21.3 Å². The summed E-state index contributed by atoms with van der Waals surface area (Å²) in [6, 6.07) is 4.04. The summed E-state index contributed by atoms with van der Waals surface area (Å²) in [5, 5.41) is 5.42. The van der Waals surface area contributed by atoms with Crippen LogP contribution in [0.15, 0.2) is 12.1 Å². The fraction of sp³-hybridized carbons (Fsp3) is 0.600. The van der Waals surface area contributed by atoms with Crippen molar-refractivity contribution in [3.8, 4) is 5.75 Å². The lowest BCUT2D eigenvalue weighted by Gasteiger charge is -2.10. The molecule has 1 N–H and O–H groups in total. The van der Waals surface area contributed by atoms with E-state index in [9.17, 15) is 0 Å². The van der Waals surface area contributed by atoms with Crippen molar-refractivity contribution in [3.05, 3.63) is 28.3 Å². The highest BCUT2D eigenvalue weighted by atomic mass is 79.9. The molecule has 0 amide bonds. The molecule has 0 fully saturated rings. The van der Waals surface area contributed by atoms with Crippen molar-refractivity contribution in [1.82, 2.24) is 5.32 Å². The summed E-state index contributed by atoms with van der Waals surface area (Å²) in [6.07, 6.45) is 6.09. The van der Waals surface area contributed by atoms with Crippen molar-refractivity contribution in [1.29, 1.82) is 0 Å². The van der Waals surface area contributed by atoms with Crippen LogP contribution >= 0.6 is 27.5 Å². The number of rotatable bonds is 8. The van der Waals surface area contributed by atoms with Gasteiger partial charge in [-0.15, -0.1) is 0 Å². The SMILES string of the molecule is Clc1cc2c(c(CNCCCCCCBr)c1)OCC2. The standard InChI is InChI=1S/C15H21BrClNO/c16-6-3-1-2-4-7-18-11-13-10-14(17)9-12-5-8-19-15(12)13/h9-10,18H,1-8,11H2. The fourth-order valence-corrected chi connectivity index (χ4v) is 3.06. The molecule has 1 aliphatic heterocycles. The lowest BCUT2D eigenvalue weighted by Crippen LogP contribution is -2.15. The molecule has 1 heterocycles. The van der Waals surface area contributed by atoms with Crippen LogP contribution in [0.25, 0.3) is 0 Å². The zero-order chi connectivity index (χ0) is 13.5. The summed E-state index contributed by atoms with van der Waals surface area (Å²) < 4.78 is 5.69. The van der Waals surface area contributed by atoms with Crippen molar-refractivity contribution >= 4 is 27.5 Å². The molecular weight excluding hydrogens is 326 g/mol. The van der Waals surface area contributed by atoms with Gasteiger partial charge in [-0.3, -0.25) is 0 Å². The Kier molecular flexibility index (Phi) is 6.48. The van der Waals surface area contributed by atoms with Crippen molar-refractivity contribution in [2.75, 3.05) is 18.5 Å². The van der Waals surface area contributed by atoms with Crippen LogP contribution in [0.2, 0.25) is 5.02 Å². The van der Waals surface area contributed by atoms with Gasteiger partial charge in [0.25, 0.3) is 0 Å². The Hall–Kier alpha value is -0.250. The molecule has 0 aromatic heterocycles. The molecule has 2 nitrogen and oxygen atoms in total. The maximum absolute atomic E-state index is 6.14. The van der Waals surface area contributed by atoms with Gasteiger partial charge < -0.3 is 10.1 Å². The van der Waals surface area contributed by atoms with E-state index in [0.717, 1.165) is 42.2 Å². The van der Waals surface area contributed by atoms with Crippen LogP contribution in [0.3, 0.4) is 0 Å². The molecule has 0 unspecified atom stereocenters. The predicted octanol–water partition coefficient (Wildman–Crippen LogP) is 4.32. The van der Waals surface area contributed by atoms with E-state index in [1.807, 2.05) is 12.1 Å². The number of hydrogen-bond acceptors (Lipinski definition) is 2. The number of alkyl halides is 1. The van der Waals surface area contributed by atoms with E-state index in [2.05, 4.69) is 21.2 Å². The third-order valence-electron chi connectivity index (χ3n) is 3.38. The summed E-state index contributed by atoms with van der Waals surface area (Å²) in [4.78, 5) is 0. The molecule has 1 aliphatic rings. The highest BCUT2D eigenvalue weighted by molar-refractivity contribution is 9.09. The average Bonchev–Trinajstić information content (AvgIpc) is 2.85. The molecule has 0 spiro atoms. The van der Waals surface area contributed by atoms with Crippen LogP contribution in [-0.4, -0.2) is 18.5 Å². The molecular formula is C15H21BrClNO. The highest BCUT2D eigenvalue weighted by Gasteiger charge is 2.16. The zero-order valence-corrected chi connectivity index (χ0v) is 13.5. The molecule has 2 rings (SSSR count). The first kappa shape index (κ1) is 15.1. The molecule has 1 aromatic carbocycles. The van der Waals surface area contributed by atoms with Gasteiger partial charge in [0.05, 0.1) is 6.61 Å². The Morgan fingerprint density at radius 1 is 1.21 bits per heavy atom. The van der Waals surface area contributed by atoms with Gasteiger partial charge in [0.2, 0.25) is 0 Å². The minimum Gasteiger partial charge on any atom is -0.493 e. The van der Waals surface area contributed by atoms with Gasteiger partial charge in [-0.2, -0.15) is 0 Å². The summed E-state index contributed by atoms with van der Waals surface area (Å²) in [5.41, 5.74) is 2.45. The van der Waals surface area contributed by atoms with Crippen LogP contribution in [-0.2, 0) is 13.0 Å². The Morgan fingerprint density at radius 2 is 2.05 bits per heavy atom. The second-order valence-corrected chi connectivity index (χ2v) is 6.16. The Bertz CT molecular complexity index is 411. The number of nitrogens with one attached hydrogen (secondary N) is 1.